The van der Waals surface area contributed by atoms with Crippen molar-refractivity contribution in [1.29, 1.82) is 0 Å². The van der Waals surface area contributed by atoms with Crippen LogP contribution in [0.1, 0.15) is 0 Å². The fourth-order valence-corrected chi connectivity index (χ4v) is 7.98. The lowest BCUT2D eigenvalue weighted by Gasteiger charge is -2.30. The summed E-state index contributed by atoms with van der Waals surface area (Å²) in [4.78, 5) is 2.40. The minimum atomic E-state index is 0.949. The minimum Gasteiger partial charge on any atom is -0.308 e. The number of hydrogen-bond donors (Lipinski definition) is 0. The molecule has 0 unspecified atom stereocenters. The molecular formula is C53H37N3. The highest BCUT2D eigenvalue weighted by Crippen LogP contribution is 2.49. The zero-order valence-corrected chi connectivity index (χ0v) is 30.7. The lowest BCUT2D eigenvalue weighted by atomic mass is 9.95. The zero-order chi connectivity index (χ0) is 37.3. The average Bonchev–Trinajstić information content (AvgIpc) is 3.69. The molecule has 0 saturated carbocycles. The van der Waals surface area contributed by atoms with Crippen LogP contribution in [-0.2, 0) is 0 Å². The summed E-state index contributed by atoms with van der Waals surface area (Å²) in [6.07, 6.45) is 0. The molecule has 0 fully saturated rings. The first kappa shape index (κ1) is 33.1. The monoisotopic (exact) mass is 715 g/mol. The second-order valence-electron chi connectivity index (χ2n) is 14.0. The van der Waals surface area contributed by atoms with E-state index in [1.807, 2.05) is 0 Å². The van der Waals surface area contributed by atoms with Crippen molar-refractivity contribution >= 4 is 33.4 Å². The highest BCUT2D eigenvalue weighted by atomic mass is 15.3. The van der Waals surface area contributed by atoms with Crippen LogP contribution in [0.25, 0.3) is 72.2 Å². The van der Waals surface area contributed by atoms with E-state index in [2.05, 4.69) is 234 Å². The largest absolute Gasteiger partial charge is 0.308 e. The van der Waals surface area contributed by atoms with Gasteiger partial charge in [0, 0.05) is 38.8 Å². The standard InChI is InChI=1S/C53H37N3/c1-6-18-38(19-7-1)39-30-32-40(33-31-39)41-34-36-46(37-35-41)55(45-26-14-5-15-27-45)53-48-29-17-16-28-47(48)52-49(42-20-8-2-9-21-42)50(43-22-10-3-11-23-43)54-56(52)51(53)44-24-12-4-13-25-44/h1-37H. The first-order valence-electron chi connectivity index (χ1n) is 19.1. The maximum atomic E-state index is 5.59. The number of para-hydroxylation sites is 1. The molecule has 0 atom stereocenters. The second-order valence-corrected chi connectivity index (χ2v) is 14.0. The Balaban J connectivity index is 1.24. The van der Waals surface area contributed by atoms with Crippen LogP contribution in [0.15, 0.2) is 224 Å². The van der Waals surface area contributed by atoms with Crippen molar-refractivity contribution in [3.05, 3.63) is 224 Å². The smallest absolute Gasteiger partial charge is 0.101 e. The highest BCUT2D eigenvalue weighted by Gasteiger charge is 2.28. The summed E-state index contributed by atoms with van der Waals surface area (Å²) in [7, 11) is 0. The van der Waals surface area contributed by atoms with Crippen molar-refractivity contribution in [2.75, 3.05) is 4.90 Å². The lowest BCUT2D eigenvalue weighted by molar-refractivity contribution is 0.976. The number of pyridine rings is 1. The predicted octanol–water partition coefficient (Wildman–Crippen LogP) is 14.3. The number of anilines is 3. The predicted molar refractivity (Wildman–Crippen MR) is 235 cm³/mol. The summed E-state index contributed by atoms with van der Waals surface area (Å²) in [6.45, 7) is 0. The maximum absolute atomic E-state index is 5.59. The van der Waals surface area contributed by atoms with Gasteiger partial charge in [0.15, 0.2) is 0 Å². The molecule has 0 bridgehead atoms. The van der Waals surface area contributed by atoms with Crippen LogP contribution in [-0.4, -0.2) is 9.61 Å². The third-order valence-corrected chi connectivity index (χ3v) is 10.6. The Bertz CT molecular complexity index is 2900. The maximum Gasteiger partial charge on any atom is 0.101 e. The first-order valence-corrected chi connectivity index (χ1v) is 19.1. The van der Waals surface area contributed by atoms with E-state index >= 15 is 0 Å². The van der Waals surface area contributed by atoms with Gasteiger partial charge in [0.05, 0.1) is 16.9 Å². The van der Waals surface area contributed by atoms with Crippen LogP contribution < -0.4 is 4.90 Å². The van der Waals surface area contributed by atoms with Crippen molar-refractivity contribution < 1.29 is 0 Å². The molecule has 0 aliphatic rings. The van der Waals surface area contributed by atoms with Crippen LogP contribution in [0.3, 0.4) is 0 Å². The normalized spacial score (nSPS) is 11.2. The molecule has 0 aliphatic heterocycles. The molecule has 0 N–H and O–H groups in total. The number of benzene rings is 8. The van der Waals surface area contributed by atoms with E-state index in [0.29, 0.717) is 0 Å². The molecule has 56 heavy (non-hydrogen) atoms. The van der Waals surface area contributed by atoms with Crippen LogP contribution in [0.2, 0.25) is 0 Å². The summed E-state index contributed by atoms with van der Waals surface area (Å²) in [5.41, 5.74) is 15.4. The van der Waals surface area contributed by atoms with Gasteiger partial charge in [-0.25, -0.2) is 4.52 Å². The fraction of sp³-hybridized carbons (Fsp3) is 0. The lowest BCUT2D eigenvalue weighted by Crippen LogP contribution is -2.14. The van der Waals surface area contributed by atoms with E-state index in [1.165, 1.54) is 16.7 Å². The van der Waals surface area contributed by atoms with Gasteiger partial charge in [-0.2, -0.15) is 5.10 Å². The van der Waals surface area contributed by atoms with Crippen molar-refractivity contribution in [3.63, 3.8) is 0 Å². The summed E-state index contributed by atoms with van der Waals surface area (Å²) in [6, 6.07) is 79.8. The molecule has 0 spiro atoms. The minimum absolute atomic E-state index is 0.949. The van der Waals surface area contributed by atoms with Gasteiger partial charge in [-0.05, 0) is 52.1 Å². The van der Waals surface area contributed by atoms with E-state index in [9.17, 15) is 0 Å². The van der Waals surface area contributed by atoms with Crippen molar-refractivity contribution in [2.24, 2.45) is 0 Å². The Hall–Kier alpha value is -7.49. The van der Waals surface area contributed by atoms with Gasteiger partial charge in [0.25, 0.3) is 0 Å². The van der Waals surface area contributed by atoms with Crippen LogP contribution >= 0.6 is 0 Å². The van der Waals surface area contributed by atoms with Crippen LogP contribution in [0.4, 0.5) is 17.1 Å². The number of rotatable bonds is 8. The molecule has 3 heteroatoms. The van der Waals surface area contributed by atoms with E-state index in [-0.39, 0.29) is 0 Å². The molecule has 10 aromatic rings. The van der Waals surface area contributed by atoms with Gasteiger partial charge in [0.1, 0.15) is 5.69 Å². The second kappa shape index (κ2) is 14.4. The molecule has 2 aromatic heterocycles. The van der Waals surface area contributed by atoms with Crippen molar-refractivity contribution in [3.8, 4) is 55.9 Å². The zero-order valence-electron chi connectivity index (χ0n) is 30.7. The van der Waals surface area contributed by atoms with E-state index in [0.717, 1.165) is 72.6 Å². The molecule has 0 amide bonds. The molecule has 264 valence electrons. The number of nitrogens with zero attached hydrogens (tertiary/aromatic N) is 3. The molecule has 2 heterocycles. The van der Waals surface area contributed by atoms with Gasteiger partial charge < -0.3 is 4.90 Å². The van der Waals surface area contributed by atoms with Gasteiger partial charge in [-0.1, -0.05) is 200 Å². The summed E-state index contributed by atoms with van der Waals surface area (Å²) in [5, 5.41) is 7.86. The molecule has 8 aromatic carbocycles. The molecular weight excluding hydrogens is 679 g/mol. The topological polar surface area (TPSA) is 20.5 Å². The Labute approximate surface area is 327 Å². The van der Waals surface area contributed by atoms with Crippen molar-refractivity contribution in [2.45, 2.75) is 0 Å². The van der Waals surface area contributed by atoms with Crippen LogP contribution in [0.5, 0.6) is 0 Å². The van der Waals surface area contributed by atoms with E-state index < -0.39 is 0 Å². The number of fused-ring (bicyclic) bond motifs is 3. The Morgan fingerprint density at radius 2 is 0.714 bits per heavy atom. The van der Waals surface area contributed by atoms with Crippen molar-refractivity contribution in [1.82, 2.24) is 9.61 Å². The summed E-state index contributed by atoms with van der Waals surface area (Å²) >= 11 is 0. The number of hydrogen-bond acceptors (Lipinski definition) is 2. The Kier molecular flexibility index (Phi) is 8.51. The molecule has 0 radical (unpaired) electrons. The van der Waals surface area contributed by atoms with Gasteiger partial charge in [0.2, 0.25) is 0 Å². The third-order valence-electron chi connectivity index (χ3n) is 10.6. The first-order chi connectivity index (χ1) is 27.8. The fourth-order valence-electron chi connectivity index (χ4n) is 7.98. The SMILES string of the molecule is c1ccc(-c2ccc(-c3ccc(N(c4ccccc4)c4c(-c5ccccc5)n5nc(-c6ccccc6)c(-c6ccccc6)c5c5ccccc45)cc3)cc2)cc1. The molecule has 0 saturated heterocycles. The van der Waals surface area contributed by atoms with E-state index in [1.54, 1.807) is 0 Å². The van der Waals surface area contributed by atoms with Crippen LogP contribution in [0, 0.1) is 0 Å². The molecule has 10 rings (SSSR count). The van der Waals surface area contributed by atoms with Gasteiger partial charge in [-0.3, -0.25) is 0 Å². The molecule has 0 aliphatic carbocycles. The Morgan fingerprint density at radius 3 is 1.27 bits per heavy atom. The average molecular weight is 716 g/mol. The quantitative estimate of drug-likeness (QED) is 0.156. The highest BCUT2D eigenvalue weighted by molar-refractivity contribution is 6.15. The summed E-state index contributed by atoms with van der Waals surface area (Å²) < 4.78 is 2.20. The molecule has 3 nitrogen and oxygen atoms in total. The third kappa shape index (κ3) is 5.92. The summed E-state index contributed by atoms with van der Waals surface area (Å²) in [5.74, 6) is 0. The number of aromatic nitrogens is 2. The van der Waals surface area contributed by atoms with Gasteiger partial charge >= 0.3 is 0 Å². The Morgan fingerprint density at radius 1 is 0.321 bits per heavy atom. The van der Waals surface area contributed by atoms with Gasteiger partial charge in [-0.15, -0.1) is 0 Å². The van der Waals surface area contributed by atoms with E-state index in [4.69, 9.17) is 5.10 Å².